The highest BCUT2D eigenvalue weighted by molar-refractivity contribution is 9.10. The predicted molar refractivity (Wildman–Crippen MR) is 63.5 cm³/mol. The Labute approximate surface area is 101 Å². The summed E-state index contributed by atoms with van der Waals surface area (Å²) in [4.78, 5) is 15.9. The standard InChI is InChI=1S/C12H8BrNO2/c13-9-5-3-4-8(11(9)15)12(16)10-6-1-2-7-14-10/h1-7,15H. The fraction of sp³-hybridized carbons (Fsp3) is 0. The van der Waals surface area contributed by atoms with E-state index in [2.05, 4.69) is 20.9 Å². The summed E-state index contributed by atoms with van der Waals surface area (Å²) in [7, 11) is 0. The van der Waals surface area contributed by atoms with Gasteiger partial charge in [-0.15, -0.1) is 0 Å². The van der Waals surface area contributed by atoms with Crippen LogP contribution in [0.4, 0.5) is 0 Å². The molecule has 0 saturated carbocycles. The van der Waals surface area contributed by atoms with Gasteiger partial charge in [0.25, 0.3) is 0 Å². The topological polar surface area (TPSA) is 50.2 Å². The lowest BCUT2D eigenvalue weighted by Gasteiger charge is -2.04. The van der Waals surface area contributed by atoms with Crippen molar-refractivity contribution in [2.45, 2.75) is 0 Å². The summed E-state index contributed by atoms with van der Waals surface area (Å²) in [5.41, 5.74) is 0.559. The molecule has 3 nitrogen and oxygen atoms in total. The fourth-order valence-corrected chi connectivity index (χ4v) is 1.70. The average Bonchev–Trinajstić information content (AvgIpc) is 2.33. The number of phenols is 1. The van der Waals surface area contributed by atoms with E-state index in [0.29, 0.717) is 10.2 Å². The van der Waals surface area contributed by atoms with Crippen LogP contribution < -0.4 is 0 Å². The molecule has 80 valence electrons. The summed E-state index contributed by atoms with van der Waals surface area (Å²) >= 11 is 3.16. The maximum absolute atomic E-state index is 12.0. The van der Waals surface area contributed by atoms with E-state index in [1.165, 1.54) is 0 Å². The van der Waals surface area contributed by atoms with E-state index in [9.17, 15) is 9.90 Å². The summed E-state index contributed by atoms with van der Waals surface area (Å²) < 4.78 is 0.495. The number of benzene rings is 1. The van der Waals surface area contributed by atoms with E-state index in [1.54, 1.807) is 42.6 Å². The highest BCUT2D eigenvalue weighted by atomic mass is 79.9. The van der Waals surface area contributed by atoms with Crippen LogP contribution in [0, 0.1) is 0 Å². The number of hydrogen-bond donors (Lipinski definition) is 1. The number of phenolic OH excluding ortho intramolecular Hbond substituents is 1. The first kappa shape index (κ1) is 10.8. The number of aromatic nitrogens is 1. The number of aromatic hydroxyl groups is 1. The molecule has 4 heteroatoms. The predicted octanol–water partition coefficient (Wildman–Crippen LogP) is 2.78. The first-order chi connectivity index (χ1) is 7.70. The number of hydrogen-bond acceptors (Lipinski definition) is 3. The largest absolute Gasteiger partial charge is 0.506 e. The Morgan fingerprint density at radius 3 is 2.69 bits per heavy atom. The van der Waals surface area contributed by atoms with E-state index >= 15 is 0 Å². The molecule has 0 aliphatic carbocycles. The molecule has 0 atom stereocenters. The number of halogens is 1. The number of rotatable bonds is 2. The van der Waals surface area contributed by atoms with Crippen molar-refractivity contribution in [2.24, 2.45) is 0 Å². The summed E-state index contributed by atoms with van der Waals surface area (Å²) in [6.07, 6.45) is 1.54. The highest BCUT2D eigenvalue weighted by Crippen LogP contribution is 2.28. The van der Waals surface area contributed by atoms with Crippen LogP contribution in [0.3, 0.4) is 0 Å². The number of nitrogens with zero attached hydrogens (tertiary/aromatic N) is 1. The molecule has 0 aliphatic heterocycles. The van der Waals surface area contributed by atoms with Gasteiger partial charge in [0.2, 0.25) is 5.78 Å². The Balaban J connectivity index is 2.46. The van der Waals surface area contributed by atoms with Crippen molar-refractivity contribution in [1.29, 1.82) is 0 Å². The molecule has 16 heavy (non-hydrogen) atoms. The molecule has 0 radical (unpaired) electrons. The van der Waals surface area contributed by atoms with Crippen LogP contribution in [-0.4, -0.2) is 15.9 Å². The number of pyridine rings is 1. The van der Waals surface area contributed by atoms with E-state index in [0.717, 1.165) is 0 Å². The van der Waals surface area contributed by atoms with Gasteiger partial charge in [0.1, 0.15) is 11.4 Å². The molecule has 0 amide bonds. The Morgan fingerprint density at radius 2 is 2.00 bits per heavy atom. The lowest BCUT2D eigenvalue weighted by Crippen LogP contribution is -2.03. The van der Waals surface area contributed by atoms with E-state index in [-0.39, 0.29) is 17.1 Å². The molecule has 1 N–H and O–H groups in total. The summed E-state index contributed by atoms with van der Waals surface area (Å²) in [6, 6.07) is 10.0. The van der Waals surface area contributed by atoms with Gasteiger partial charge in [-0.2, -0.15) is 0 Å². The van der Waals surface area contributed by atoms with Gasteiger partial charge in [-0.25, -0.2) is 0 Å². The molecule has 1 aromatic heterocycles. The van der Waals surface area contributed by atoms with Crippen LogP contribution in [0.15, 0.2) is 47.1 Å². The average molecular weight is 278 g/mol. The Kier molecular flexibility index (Phi) is 3.01. The SMILES string of the molecule is O=C(c1ccccn1)c1cccc(Br)c1O. The Hall–Kier alpha value is -1.68. The summed E-state index contributed by atoms with van der Waals surface area (Å²) in [5, 5.41) is 9.73. The number of carbonyl (C=O) groups excluding carboxylic acids is 1. The normalized spacial score (nSPS) is 10.1. The lowest BCUT2D eigenvalue weighted by molar-refractivity contribution is 0.103. The van der Waals surface area contributed by atoms with Crippen molar-refractivity contribution in [1.82, 2.24) is 4.98 Å². The van der Waals surface area contributed by atoms with Crippen molar-refractivity contribution in [3.8, 4) is 5.75 Å². The summed E-state index contributed by atoms with van der Waals surface area (Å²) in [5.74, 6) is -0.349. The monoisotopic (exact) mass is 277 g/mol. The smallest absolute Gasteiger partial charge is 0.215 e. The van der Waals surface area contributed by atoms with E-state index in [4.69, 9.17) is 0 Å². The zero-order chi connectivity index (χ0) is 11.5. The maximum Gasteiger partial charge on any atom is 0.215 e. The molecule has 0 bridgehead atoms. The molecule has 2 rings (SSSR count). The second kappa shape index (κ2) is 4.45. The minimum Gasteiger partial charge on any atom is -0.506 e. The third kappa shape index (κ3) is 1.97. The zero-order valence-electron chi connectivity index (χ0n) is 8.22. The van der Waals surface area contributed by atoms with Gasteiger partial charge in [-0.05, 0) is 40.2 Å². The van der Waals surface area contributed by atoms with Crippen LogP contribution in [-0.2, 0) is 0 Å². The minimum atomic E-state index is -0.292. The zero-order valence-corrected chi connectivity index (χ0v) is 9.81. The fourth-order valence-electron chi connectivity index (χ4n) is 1.33. The maximum atomic E-state index is 12.0. The van der Waals surface area contributed by atoms with Crippen LogP contribution in [0.5, 0.6) is 5.75 Å². The number of para-hydroxylation sites is 1. The molecule has 2 aromatic rings. The molecule has 1 aromatic carbocycles. The lowest BCUT2D eigenvalue weighted by atomic mass is 10.1. The second-order valence-electron chi connectivity index (χ2n) is 3.18. The van der Waals surface area contributed by atoms with Crippen LogP contribution >= 0.6 is 15.9 Å². The first-order valence-electron chi connectivity index (χ1n) is 4.63. The van der Waals surface area contributed by atoms with Gasteiger partial charge in [0, 0.05) is 6.20 Å². The molecule has 0 aliphatic rings. The van der Waals surface area contributed by atoms with Crippen LogP contribution in [0.2, 0.25) is 0 Å². The van der Waals surface area contributed by atoms with E-state index < -0.39 is 0 Å². The third-order valence-electron chi connectivity index (χ3n) is 2.13. The van der Waals surface area contributed by atoms with Crippen LogP contribution in [0.1, 0.15) is 16.1 Å². The van der Waals surface area contributed by atoms with Crippen molar-refractivity contribution in [3.63, 3.8) is 0 Å². The first-order valence-corrected chi connectivity index (χ1v) is 5.42. The Morgan fingerprint density at radius 1 is 1.19 bits per heavy atom. The van der Waals surface area contributed by atoms with Gasteiger partial charge in [-0.1, -0.05) is 12.1 Å². The van der Waals surface area contributed by atoms with Gasteiger partial charge in [0.15, 0.2) is 0 Å². The molecule has 0 saturated heterocycles. The molecule has 0 fully saturated rings. The van der Waals surface area contributed by atoms with Crippen molar-refractivity contribution in [3.05, 3.63) is 58.3 Å². The van der Waals surface area contributed by atoms with Gasteiger partial charge in [-0.3, -0.25) is 9.78 Å². The van der Waals surface area contributed by atoms with Crippen molar-refractivity contribution < 1.29 is 9.90 Å². The number of ketones is 1. The van der Waals surface area contributed by atoms with Crippen molar-refractivity contribution >= 4 is 21.7 Å². The molecule has 0 spiro atoms. The molecule has 0 unspecified atom stereocenters. The minimum absolute atomic E-state index is 0.0573. The quantitative estimate of drug-likeness (QED) is 0.859. The van der Waals surface area contributed by atoms with Gasteiger partial charge >= 0.3 is 0 Å². The molecular formula is C12H8BrNO2. The van der Waals surface area contributed by atoms with Crippen molar-refractivity contribution in [2.75, 3.05) is 0 Å². The Bertz CT molecular complexity index is 526. The molecular weight excluding hydrogens is 270 g/mol. The second-order valence-corrected chi connectivity index (χ2v) is 4.03. The van der Waals surface area contributed by atoms with Crippen LogP contribution in [0.25, 0.3) is 0 Å². The molecule has 1 heterocycles. The summed E-state index contributed by atoms with van der Waals surface area (Å²) in [6.45, 7) is 0. The number of carbonyl (C=O) groups is 1. The van der Waals surface area contributed by atoms with Gasteiger partial charge < -0.3 is 5.11 Å². The third-order valence-corrected chi connectivity index (χ3v) is 2.77. The van der Waals surface area contributed by atoms with Gasteiger partial charge in [0.05, 0.1) is 10.0 Å². The van der Waals surface area contributed by atoms with E-state index in [1.807, 2.05) is 0 Å². The highest BCUT2D eigenvalue weighted by Gasteiger charge is 2.15.